The molecule has 11 heteroatoms. The van der Waals surface area contributed by atoms with E-state index in [2.05, 4.69) is 20.1 Å². The summed E-state index contributed by atoms with van der Waals surface area (Å²) in [6.45, 7) is 0.138. The number of carbonyl (C=O) groups is 5. The van der Waals surface area contributed by atoms with Gasteiger partial charge >= 0.3 is 18.0 Å². The van der Waals surface area contributed by atoms with Gasteiger partial charge < -0.3 is 30.3 Å². The molecule has 11 nitrogen and oxygen atoms in total. The monoisotopic (exact) mass is 388 g/mol. The lowest BCUT2D eigenvalue weighted by Crippen LogP contribution is -2.20. The van der Waals surface area contributed by atoms with Crippen LogP contribution >= 0.6 is 0 Å². The third-order valence-corrected chi connectivity index (χ3v) is 3.29. The van der Waals surface area contributed by atoms with Gasteiger partial charge in [0.2, 0.25) is 0 Å². The molecule has 2 amide bonds. The van der Waals surface area contributed by atoms with Crippen LogP contribution in [0.25, 0.3) is 0 Å². The summed E-state index contributed by atoms with van der Waals surface area (Å²) >= 11 is 0. The highest BCUT2D eigenvalue weighted by molar-refractivity contribution is 6.02. The van der Waals surface area contributed by atoms with Crippen LogP contribution in [-0.2, 0) is 9.59 Å². The molecule has 0 radical (unpaired) electrons. The van der Waals surface area contributed by atoms with Crippen molar-refractivity contribution in [2.24, 2.45) is 0 Å². The van der Waals surface area contributed by atoms with Crippen LogP contribution in [-0.4, -0.2) is 41.1 Å². The van der Waals surface area contributed by atoms with E-state index in [-0.39, 0.29) is 46.9 Å². The number of carbonyl (C=O) groups excluding carboxylic acids is 3. The van der Waals surface area contributed by atoms with E-state index >= 15 is 0 Å². The van der Waals surface area contributed by atoms with Crippen molar-refractivity contribution in [1.29, 1.82) is 0 Å². The van der Waals surface area contributed by atoms with Crippen LogP contribution in [0.3, 0.4) is 0 Å². The number of hydrogen-bond donors (Lipinski definition) is 4. The predicted octanol–water partition coefficient (Wildman–Crippen LogP) is 1.80. The minimum atomic E-state index is -1.38. The molecular weight excluding hydrogens is 376 g/mol. The number of urea groups is 1. The zero-order valence-corrected chi connectivity index (χ0v) is 13.9. The van der Waals surface area contributed by atoms with Gasteiger partial charge in [0.1, 0.15) is 22.6 Å². The van der Waals surface area contributed by atoms with E-state index in [1.165, 1.54) is 24.3 Å². The molecule has 0 fully saturated rings. The Hall–Kier alpha value is -4.41. The number of amides is 2. The fourth-order valence-electron chi connectivity index (χ4n) is 2.15. The predicted molar refractivity (Wildman–Crippen MR) is 92.8 cm³/mol. The van der Waals surface area contributed by atoms with Gasteiger partial charge in [-0.15, -0.1) is 0 Å². The Labute approximate surface area is 156 Å². The van der Waals surface area contributed by atoms with Crippen molar-refractivity contribution in [1.82, 2.24) is 0 Å². The largest absolute Gasteiger partial charge is 0.478 e. The van der Waals surface area contributed by atoms with Crippen LogP contribution in [0.15, 0.2) is 36.4 Å². The van der Waals surface area contributed by atoms with Crippen LogP contribution in [0, 0.1) is 0 Å². The molecule has 0 saturated heterocycles. The Balaban J connectivity index is 2.18. The van der Waals surface area contributed by atoms with Crippen molar-refractivity contribution < 1.29 is 43.7 Å². The summed E-state index contributed by atoms with van der Waals surface area (Å²) in [6, 6.07) is 6.31. The third-order valence-electron chi connectivity index (χ3n) is 3.29. The molecule has 28 heavy (non-hydrogen) atoms. The molecule has 0 saturated carbocycles. The lowest BCUT2D eigenvalue weighted by Gasteiger charge is -2.11. The number of benzene rings is 2. The first-order chi connectivity index (χ1) is 13.3. The van der Waals surface area contributed by atoms with Crippen molar-refractivity contribution >= 4 is 42.3 Å². The van der Waals surface area contributed by atoms with Gasteiger partial charge in [-0.25, -0.2) is 14.4 Å². The highest BCUT2D eigenvalue weighted by Gasteiger charge is 2.15. The lowest BCUT2D eigenvalue weighted by molar-refractivity contribution is -0.121. The molecule has 2 aromatic carbocycles. The van der Waals surface area contributed by atoms with Gasteiger partial charge in [-0.1, -0.05) is 0 Å². The highest BCUT2D eigenvalue weighted by Crippen LogP contribution is 2.24. The van der Waals surface area contributed by atoms with E-state index in [1.807, 2.05) is 0 Å². The average Bonchev–Trinajstić information content (AvgIpc) is 2.64. The molecule has 0 heterocycles. The maximum Gasteiger partial charge on any atom is 0.339 e. The maximum atomic E-state index is 12.1. The quantitative estimate of drug-likeness (QED) is 0.493. The van der Waals surface area contributed by atoms with Crippen molar-refractivity contribution in [2.45, 2.75) is 0 Å². The van der Waals surface area contributed by atoms with E-state index in [0.29, 0.717) is 0 Å². The summed E-state index contributed by atoms with van der Waals surface area (Å²) in [5.74, 6) is -3.16. The topological polar surface area (TPSA) is 168 Å². The first-order valence-corrected chi connectivity index (χ1v) is 7.39. The fourth-order valence-corrected chi connectivity index (χ4v) is 2.15. The average molecular weight is 388 g/mol. The van der Waals surface area contributed by atoms with Gasteiger partial charge in [-0.3, -0.25) is 9.59 Å². The van der Waals surface area contributed by atoms with E-state index in [9.17, 15) is 24.0 Å². The first kappa shape index (κ1) is 19.9. The summed E-state index contributed by atoms with van der Waals surface area (Å²) in [4.78, 5) is 55.2. The number of aromatic carboxylic acids is 2. The summed E-state index contributed by atoms with van der Waals surface area (Å²) in [7, 11) is 0. The van der Waals surface area contributed by atoms with Gasteiger partial charge in [0.25, 0.3) is 12.9 Å². The normalized spacial score (nSPS) is 9.71. The second-order valence-corrected chi connectivity index (χ2v) is 5.04. The van der Waals surface area contributed by atoms with Crippen molar-refractivity contribution in [3.8, 4) is 11.5 Å². The number of anilines is 2. The van der Waals surface area contributed by atoms with E-state index in [4.69, 9.17) is 10.2 Å². The lowest BCUT2D eigenvalue weighted by atomic mass is 10.1. The number of carboxylic acids is 2. The zero-order chi connectivity index (χ0) is 20.7. The van der Waals surface area contributed by atoms with Crippen LogP contribution in [0.4, 0.5) is 16.2 Å². The molecule has 0 spiro atoms. The Bertz CT molecular complexity index is 880. The maximum absolute atomic E-state index is 12.1. The summed E-state index contributed by atoms with van der Waals surface area (Å²) in [5.41, 5.74) is -0.554. The number of rotatable bonds is 8. The number of carboxylic acid groups (broad SMARTS) is 2. The molecule has 0 aromatic heterocycles. The minimum absolute atomic E-state index is 0.0691. The molecule has 2 aromatic rings. The Kier molecular flexibility index (Phi) is 6.26. The summed E-state index contributed by atoms with van der Waals surface area (Å²) in [5, 5.41) is 22.9. The van der Waals surface area contributed by atoms with Gasteiger partial charge in [0, 0.05) is 11.4 Å². The standard InChI is InChI=1S/C17H12N2O9/c20-7-27-13-3-1-9(5-11(13)15(22)23)18-17(26)19-10-2-4-14(28-8-21)12(6-10)16(24)25/h1-8H,(H,22,23)(H,24,25)(H2,18,19,26). The molecule has 0 unspecified atom stereocenters. The van der Waals surface area contributed by atoms with E-state index in [0.717, 1.165) is 12.1 Å². The summed E-state index contributed by atoms with van der Waals surface area (Å²) < 4.78 is 9.08. The third kappa shape index (κ3) is 4.82. The zero-order valence-electron chi connectivity index (χ0n) is 13.9. The molecule has 4 N–H and O–H groups in total. The minimum Gasteiger partial charge on any atom is -0.478 e. The van der Waals surface area contributed by atoms with Crippen LogP contribution < -0.4 is 20.1 Å². The van der Waals surface area contributed by atoms with E-state index in [1.54, 1.807) is 0 Å². The second kappa shape index (κ2) is 8.80. The Morgan fingerprint density at radius 3 is 1.46 bits per heavy atom. The number of hydrogen-bond acceptors (Lipinski definition) is 7. The molecule has 144 valence electrons. The molecule has 0 aliphatic heterocycles. The van der Waals surface area contributed by atoms with Crippen LogP contribution in [0.2, 0.25) is 0 Å². The Morgan fingerprint density at radius 2 is 1.14 bits per heavy atom. The molecule has 0 bridgehead atoms. The Morgan fingerprint density at radius 1 is 0.750 bits per heavy atom. The highest BCUT2D eigenvalue weighted by atomic mass is 16.5. The van der Waals surface area contributed by atoms with Crippen molar-refractivity contribution in [2.75, 3.05) is 10.6 Å². The van der Waals surface area contributed by atoms with Crippen molar-refractivity contribution in [3.05, 3.63) is 47.5 Å². The molecule has 0 aliphatic rings. The smallest absolute Gasteiger partial charge is 0.339 e. The molecule has 0 atom stereocenters. The van der Waals surface area contributed by atoms with Crippen LogP contribution in [0.5, 0.6) is 11.5 Å². The van der Waals surface area contributed by atoms with Gasteiger partial charge in [0.05, 0.1) is 0 Å². The SMILES string of the molecule is O=COc1ccc(NC(=O)Nc2ccc(OC=O)c(C(=O)O)c2)cc1C(=O)O. The molecule has 0 aliphatic carbocycles. The summed E-state index contributed by atoms with van der Waals surface area (Å²) in [6.07, 6.45) is 0. The molecule has 2 rings (SSSR count). The van der Waals surface area contributed by atoms with Gasteiger partial charge in [-0.05, 0) is 36.4 Å². The van der Waals surface area contributed by atoms with Crippen LogP contribution in [0.1, 0.15) is 20.7 Å². The molecular formula is C17H12N2O9. The van der Waals surface area contributed by atoms with Gasteiger partial charge in [-0.2, -0.15) is 0 Å². The number of ether oxygens (including phenoxy) is 2. The first-order valence-electron chi connectivity index (χ1n) is 7.39. The van der Waals surface area contributed by atoms with E-state index < -0.39 is 18.0 Å². The van der Waals surface area contributed by atoms with Crippen molar-refractivity contribution in [3.63, 3.8) is 0 Å². The van der Waals surface area contributed by atoms with Gasteiger partial charge in [0.15, 0.2) is 0 Å². The number of nitrogens with one attached hydrogen (secondary N) is 2. The fraction of sp³-hybridized carbons (Fsp3) is 0. The second-order valence-electron chi connectivity index (χ2n) is 5.04.